The molecule has 1 aliphatic heterocycles. The summed E-state index contributed by atoms with van der Waals surface area (Å²) < 4.78 is 32.4. The number of Topliss-reactive ketones (excluding diaryl/α,β-unsaturated/α-hetero) is 1. The highest BCUT2D eigenvalue weighted by Gasteiger charge is 2.42. The van der Waals surface area contributed by atoms with Gasteiger partial charge in [-0.3, -0.25) is 14.4 Å². The lowest BCUT2D eigenvalue weighted by Crippen LogP contribution is -2.47. The van der Waals surface area contributed by atoms with Crippen LogP contribution in [0.4, 0.5) is 0 Å². The number of fused-ring (bicyclic) bond motifs is 2. The molecule has 0 fully saturated rings. The Kier molecular flexibility index (Phi) is 5.34. The number of carbonyl (C=O) groups is 1. The van der Waals surface area contributed by atoms with Gasteiger partial charge in [0.1, 0.15) is 16.7 Å². The first-order valence-electron chi connectivity index (χ1n) is 11.0. The van der Waals surface area contributed by atoms with Gasteiger partial charge < -0.3 is 4.74 Å². The molecule has 1 aromatic heterocycles. The van der Waals surface area contributed by atoms with Crippen LogP contribution in [-0.4, -0.2) is 30.7 Å². The molecule has 0 radical (unpaired) electrons. The van der Waals surface area contributed by atoms with Crippen molar-refractivity contribution in [2.24, 2.45) is 5.41 Å². The first-order chi connectivity index (χ1) is 16.4. The Morgan fingerprint density at radius 1 is 1.00 bits per heavy atom. The van der Waals surface area contributed by atoms with Gasteiger partial charge in [-0.05, 0) is 47.2 Å². The molecule has 3 aromatic rings. The topological polar surface area (TPSA) is 104 Å². The predicted molar refractivity (Wildman–Crippen MR) is 132 cm³/mol. The molecule has 2 aromatic carbocycles. The van der Waals surface area contributed by atoms with E-state index in [-0.39, 0.29) is 51.1 Å². The van der Waals surface area contributed by atoms with E-state index in [0.29, 0.717) is 17.6 Å². The molecule has 1 atom stereocenters. The third-order valence-corrected chi connectivity index (χ3v) is 8.07. The predicted octanol–water partition coefficient (Wildman–Crippen LogP) is 3.39. The van der Waals surface area contributed by atoms with Crippen molar-refractivity contribution in [2.45, 2.75) is 44.2 Å². The molecular formula is C25H23ClN2O6S. The molecular weight excluding hydrogens is 492 g/mol. The smallest absolute Gasteiger partial charge is 0.274 e. The molecule has 0 saturated heterocycles. The molecule has 182 valence electrons. The van der Waals surface area contributed by atoms with Gasteiger partial charge in [-0.1, -0.05) is 32.0 Å². The van der Waals surface area contributed by atoms with Crippen molar-refractivity contribution in [1.29, 1.82) is 0 Å². The van der Waals surface area contributed by atoms with E-state index in [1.807, 2.05) is 13.8 Å². The lowest BCUT2D eigenvalue weighted by Gasteiger charge is -2.40. The van der Waals surface area contributed by atoms with Gasteiger partial charge in [0, 0.05) is 22.7 Å². The van der Waals surface area contributed by atoms with Gasteiger partial charge in [0.2, 0.25) is 0 Å². The second-order valence-electron chi connectivity index (χ2n) is 9.77. The Hall–Kier alpha value is -3.17. The number of rotatable bonds is 3. The van der Waals surface area contributed by atoms with Crippen molar-refractivity contribution in [3.8, 4) is 5.75 Å². The molecule has 0 N–H and O–H groups in total. The maximum Gasteiger partial charge on any atom is 0.274 e. The second kappa shape index (κ2) is 7.93. The van der Waals surface area contributed by atoms with Crippen molar-refractivity contribution in [2.75, 3.05) is 7.11 Å². The average Bonchev–Trinajstić information content (AvgIpc) is 2.79. The molecule has 8 nitrogen and oxygen atoms in total. The van der Waals surface area contributed by atoms with Crippen LogP contribution in [0.3, 0.4) is 0 Å². The van der Waals surface area contributed by atoms with Crippen molar-refractivity contribution in [1.82, 2.24) is 9.36 Å². The lowest BCUT2D eigenvalue weighted by molar-refractivity contribution is -0.118. The highest BCUT2D eigenvalue weighted by atomic mass is 35.7. The Bertz CT molecular complexity index is 1680. The Balaban J connectivity index is 1.89. The minimum absolute atomic E-state index is 0.0353. The number of benzene rings is 2. The quantitative estimate of drug-likeness (QED) is 0.496. The Labute approximate surface area is 205 Å². The zero-order chi connectivity index (χ0) is 25.3. The first kappa shape index (κ1) is 23.6. The van der Waals surface area contributed by atoms with Crippen LogP contribution in [-0.2, 0) is 20.4 Å². The maximum atomic E-state index is 13.7. The summed E-state index contributed by atoms with van der Waals surface area (Å²) in [4.78, 5) is 40.4. The molecule has 1 aliphatic carbocycles. The van der Waals surface area contributed by atoms with Gasteiger partial charge in [0.25, 0.3) is 20.2 Å². The van der Waals surface area contributed by atoms with E-state index in [9.17, 15) is 22.8 Å². The zero-order valence-corrected chi connectivity index (χ0v) is 20.9. The molecule has 2 heterocycles. The van der Waals surface area contributed by atoms with Gasteiger partial charge in [0.05, 0.1) is 24.4 Å². The number of ketones is 1. The average molecular weight is 515 g/mol. The van der Waals surface area contributed by atoms with Gasteiger partial charge in [0.15, 0.2) is 5.78 Å². The van der Waals surface area contributed by atoms with E-state index < -0.39 is 20.7 Å². The summed E-state index contributed by atoms with van der Waals surface area (Å²) in [6.45, 7) is 4.08. The van der Waals surface area contributed by atoms with Gasteiger partial charge in [-0.2, -0.15) is 0 Å². The monoisotopic (exact) mass is 514 g/mol. The van der Waals surface area contributed by atoms with E-state index >= 15 is 0 Å². The first-order valence-corrected chi connectivity index (χ1v) is 13.4. The number of nitrogens with zero attached hydrogens (tertiary/aromatic N) is 2. The van der Waals surface area contributed by atoms with E-state index in [1.165, 1.54) is 28.6 Å². The standard InChI is InChI=1S/C25H23ClN2O6S/c1-25(2)11-15-13-27-23(30)16-6-4-5-7-17(16)24(31)28(27)22(21(15)18(29)12-25)14-8-9-19(34-3)20(10-14)35(26,32)33/h4-10,22H,11-13H2,1-3H3. The number of halogens is 1. The highest BCUT2D eigenvalue weighted by molar-refractivity contribution is 8.13. The maximum absolute atomic E-state index is 13.7. The van der Waals surface area contributed by atoms with E-state index in [1.54, 1.807) is 30.3 Å². The van der Waals surface area contributed by atoms with Crippen LogP contribution in [0.2, 0.25) is 0 Å². The summed E-state index contributed by atoms with van der Waals surface area (Å²) in [6, 6.07) is 9.89. The van der Waals surface area contributed by atoms with Crippen LogP contribution in [0.1, 0.15) is 38.3 Å². The Morgan fingerprint density at radius 2 is 1.66 bits per heavy atom. The molecule has 10 heteroatoms. The van der Waals surface area contributed by atoms with Crippen LogP contribution in [0.5, 0.6) is 5.75 Å². The molecule has 0 spiro atoms. The molecule has 0 saturated carbocycles. The molecule has 5 rings (SSSR count). The number of hydrogen-bond donors (Lipinski definition) is 0. The largest absolute Gasteiger partial charge is 0.495 e. The summed E-state index contributed by atoms with van der Waals surface area (Å²) in [7, 11) is 2.79. The molecule has 1 unspecified atom stereocenters. The summed E-state index contributed by atoms with van der Waals surface area (Å²) >= 11 is 0. The summed E-state index contributed by atoms with van der Waals surface area (Å²) in [6.07, 6.45) is 0.834. The Morgan fingerprint density at radius 3 is 2.29 bits per heavy atom. The minimum Gasteiger partial charge on any atom is -0.495 e. The normalized spacial score (nSPS) is 19.4. The third-order valence-electron chi connectivity index (χ3n) is 6.73. The summed E-state index contributed by atoms with van der Waals surface area (Å²) in [5.74, 6) is -0.0979. The van der Waals surface area contributed by atoms with Crippen molar-refractivity contribution < 1.29 is 17.9 Å². The molecule has 2 aliphatic rings. The van der Waals surface area contributed by atoms with Crippen molar-refractivity contribution in [3.63, 3.8) is 0 Å². The number of methoxy groups -OCH3 is 1. The van der Waals surface area contributed by atoms with Gasteiger partial charge in [-0.25, -0.2) is 17.8 Å². The zero-order valence-electron chi connectivity index (χ0n) is 19.4. The van der Waals surface area contributed by atoms with Crippen molar-refractivity contribution >= 4 is 36.3 Å². The summed E-state index contributed by atoms with van der Waals surface area (Å²) in [5, 5.41) is 0.516. The number of carbonyl (C=O) groups excluding carboxylic acids is 1. The van der Waals surface area contributed by atoms with Gasteiger partial charge in [-0.15, -0.1) is 0 Å². The van der Waals surface area contributed by atoms with E-state index in [0.717, 1.165) is 5.57 Å². The molecule has 0 amide bonds. The number of allylic oxidation sites excluding steroid dienone is 2. The van der Waals surface area contributed by atoms with Crippen LogP contribution < -0.4 is 15.9 Å². The lowest BCUT2D eigenvalue weighted by atomic mass is 9.71. The molecule has 0 bridgehead atoms. The number of aromatic nitrogens is 2. The summed E-state index contributed by atoms with van der Waals surface area (Å²) in [5.41, 5.74) is 0.416. The number of ether oxygens (including phenoxy) is 1. The number of hydrogen-bond acceptors (Lipinski definition) is 6. The minimum atomic E-state index is -4.21. The fraction of sp³-hybridized carbons (Fsp3) is 0.320. The third kappa shape index (κ3) is 3.73. The van der Waals surface area contributed by atoms with Crippen molar-refractivity contribution in [3.05, 3.63) is 79.9 Å². The van der Waals surface area contributed by atoms with E-state index in [2.05, 4.69) is 0 Å². The fourth-order valence-corrected chi connectivity index (χ4v) is 6.38. The highest BCUT2D eigenvalue weighted by Crippen LogP contribution is 2.45. The second-order valence-corrected chi connectivity index (χ2v) is 12.3. The molecule has 35 heavy (non-hydrogen) atoms. The SMILES string of the molecule is COc1ccc(C2C3=C(Cn4c(=O)c5ccccc5c(=O)n42)CC(C)(C)CC3=O)cc1S(=O)(=O)Cl. The van der Waals surface area contributed by atoms with Gasteiger partial charge >= 0.3 is 0 Å². The van der Waals surface area contributed by atoms with Crippen LogP contribution >= 0.6 is 10.7 Å². The fourth-order valence-electron chi connectivity index (χ4n) is 5.34. The van der Waals surface area contributed by atoms with Crippen LogP contribution in [0, 0.1) is 5.41 Å². The van der Waals surface area contributed by atoms with Crippen LogP contribution in [0.15, 0.2) is 68.1 Å². The van der Waals surface area contributed by atoms with Crippen LogP contribution in [0.25, 0.3) is 10.8 Å². The van der Waals surface area contributed by atoms with E-state index in [4.69, 9.17) is 15.4 Å².